The largest absolute Gasteiger partial charge is 0.497 e. The van der Waals surface area contributed by atoms with Crippen LogP contribution in [0.15, 0.2) is 18.2 Å². The molecule has 3 amide bonds. The highest BCUT2D eigenvalue weighted by Gasteiger charge is 2.25. The molecule has 132 valence electrons. The fourth-order valence-electron chi connectivity index (χ4n) is 1.93. The van der Waals surface area contributed by atoms with Gasteiger partial charge in [-0.05, 0) is 18.1 Å². The second kappa shape index (κ2) is 8.76. The van der Waals surface area contributed by atoms with Gasteiger partial charge in [0.2, 0.25) is 5.91 Å². The standard InChI is InChI=1S/C16H23N3O5/c1-9(2)14(16(22)19-18-10(3)20)17-15(21)11-6-12(23-4)8-13(7-11)24-5/h6-9,14H,1-5H3,(H,17,21)(H,18,20)(H,19,22). The Bertz CT molecular complexity index is 593. The fourth-order valence-corrected chi connectivity index (χ4v) is 1.93. The van der Waals surface area contributed by atoms with Gasteiger partial charge in [-0.1, -0.05) is 13.8 Å². The molecule has 0 saturated heterocycles. The highest BCUT2D eigenvalue weighted by molar-refractivity contribution is 5.98. The van der Waals surface area contributed by atoms with Crippen molar-refractivity contribution in [2.75, 3.05) is 14.2 Å². The van der Waals surface area contributed by atoms with E-state index >= 15 is 0 Å². The van der Waals surface area contributed by atoms with Crippen molar-refractivity contribution in [2.45, 2.75) is 26.8 Å². The molecular formula is C16H23N3O5. The molecular weight excluding hydrogens is 314 g/mol. The molecule has 1 rings (SSSR count). The minimum atomic E-state index is -0.818. The van der Waals surface area contributed by atoms with Crippen LogP contribution in [0.5, 0.6) is 11.5 Å². The summed E-state index contributed by atoms with van der Waals surface area (Å²) in [5, 5.41) is 2.65. The number of amides is 3. The minimum Gasteiger partial charge on any atom is -0.497 e. The van der Waals surface area contributed by atoms with Crippen molar-refractivity contribution >= 4 is 17.7 Å². The van der Waals surface area contributed by atoms with E-state index in [2.05, 4.69) is 16.2 Å². The third kappa shape index (κ3) is 5.45. The lowest BCUT2D eigenvalue weighted by Crippen LogP contribution is -2.54. The number of benzene rings is 1. The first-order chi connectivity index (χ1) is 11.3. The fraction of sp³-hybridized carbons (Fsp3) is 0.438. The van der Waals surface area contributed by atoms with Gasteiger partial charge < -0.3 is 14.8 Å². The minimum absolute atomic E-state index is 0.185. The molecule has 3 N–H and O–H groups in total. The van der Waals surface area contributed by atoms with Crippen LogP contribution >= 0.6 is 0 Å². The number of hydrogen-bond donors (Lipinski definition) is 3. The molecule has 0 aliphatic rings. The van der Waals surface area contributed by atoms with Crippen LogP contribution in [-0.4, -0.2) is 38.0 Å². The van der Waals surface area contributed by atoms with Crippen LogP contribution < -0.4 is 25.6 Å². The number of carbonyl (C=O) groups is 3. The molecule has 0 aliphatic carbocycles. The van der Waals surface area contributed by atoms with Crippen LogP contribution in [0.2, 0.25) is 0 Å². The number of hydrazine groups is 1. The van der Waals surface area contributed by atoms with Crippen molar-refractivity contribution in [3.8, 4) is 11.5 Å². The van der Waals surface area contributed by atoms with E-state index in [-0.39, 0.29) is 5.92 Å². The van der Waals surface area contributed by atoms with Gasteiger partial charge in [-0.3, -0.25) is 25.2 Å². The molecule has 0 bridgehead atoms. The predicted molar refractivity (Wildman–Crippen MR) is 87.6 cm³/mol. The normalized spacial score (nSPS) is 11.4. The van der Waals surface area contributed by atoms with Crippen molar-refractivity contribution in [3.05, 3.63) is 23.8 Å². The van der Waals surface area contributed by atoms with Crippen LogP contribution in [0.3, 0.4) is 0 Å². The van der Waals surface area contributed by atoms with Crippen molar-refractivity contribution < 1.29 is 23.9 Å². The van der Waals surface area contributed by atoms with E-state index in [1.807, 2.05) is 0 Å². The second-order valence-electron chi connectivity index (χ2n) is 5.47. The maximum absolute atomic E-state index is 12.4. The molecule has 0 aromatic heterocycles. The molecule has 1 unspecified atom stereocenters. The molecule has 0 radical (unpaired) electrons. The highest BCUT2D eigenvalue weighted by Crippen LogP contribution is 2.22. The first-order valence-electron chi connectivity index (χ1n) is 7.38. The van der Waals surface area contributed by atoms with E-state index in [1.54, 1.807) is 32.0 Å². The molecule has 0 spiro atoms. The van der Waals surface area contributed by atoms with Crippen LogP contribution in [0, 0.1) is 5.92 Å². The topological polar surface area (TPSA) is 106 Å². The molecule has 1 aromatic carbocycles. The predicted octanol–water partition coefficient (Wildman–Crippen LogP) is 0.625. The van der Waals surface area contributed by atoms with Crippen LogP contribution in [-0.2, 0) is 9.59 Å². The second-order valence-corrected chi connectivity index (χ2v) is 5.47. The van der Waals surface area contributed by atoms with Gasteiger partial charge in [0.15, 0.2) is 0 Å². The summed E-state index contributed by atoms with van der Waals surface area (Å²) in [6, 6.07) is 3.91. The van der Waals surface area contributed by atoms with Crippen molar-refractivity contribution in [1.82, 2.24) is 16.2 Å². The summed E-state index contributed by atoms with van der Waals surface area (Å²) in [4.78, 5) is 35.4. The molecule has 1 aromatic rings. The van der Waals surface area contributed by atoms with E-state index in [4.69, 9.17) is 9.47 Å². The molecule has 0 heterocycles. The van der Waals surface area contributed by atoms with Crippen LogP contribution in [0.4, 0.5) is 0 Å². The first-order valence-corrected chi connectivity index (χ1v) is 7.38. The van der Waals surface area contributed by atoms with Gasteiger partial charge in [0.25, 0.3) is 11.8 Å². The summed E-state index contributed by atoms with van der Waals surface area (Å²) in [6.45, 7) is 4.83. The molecule has 0 fully saturated rings. The van der Waals surface area contributed by atoms with Gasteiger partial charge in [-0.2, -0.15) is 0 Å². The monoisotopic (exact) mass is 337 g/mol. The Morgan fingerprint density at radius 2 is 1.50 bits per heavy atom. The lowest BCUT2D eigenvalue weighted by atomic mass is 10.0. The van der Waals surface area contributed by atoms with Crippen molar-refractivity contribution in [2.24, 2.45) is 5.92 Å². The molecule has 24 heavy (non-hydrogen) atoms. The summed E-state index contributed by atoms with van der Waals surface area (Å²) in [6.07, 6.45) is 0. The average molecular weight is 337 g/mol. The summed E-state index contributed by atoms with van der Waals surface area (Å²) in [5.41, 5.74) is 4.76. The van der Waals surface area contributed by atoms with Gasteiger partial charge in [0, 0.05) is 18.6 Å². The zero-order valence-corrected chi connectivity index (χ0v) is 14.4. The summed E-state index contributed by atoms with van der Waals surface area (Å²) in [7, 11) is 2.96. The molecule has 8 heteroatoms. The van der Waals surface area contributed by atoms with E-state index in [1.165, 1.54) is 21.1 Å². The lowest BCUT2D eigenvalue weighted by Gasteiger charge is -2.22. The zero-order chi connectivity index (χ0) is 18.3. The summed E-state index contributed by atoms with van der Waals surface area (Å²) < 4.78 is 10.3. The number of hydrogen-bond acceptors (Lipinski definition) is 5. The Morgan fingerprint density at radius 1 is 0.958 bits per heavy atom. The number of ether oxygens (including phenoxy) is 2. The highest BCUT2D eigenvalue weighted by atomic mass is 16.5. The number of carbonyl (C=O) groups excluding carboxylic acids is 3. The zero-order valence-electron chi connectivity index (χ0n) is 14.4. The third-order valence-corrected chi connectivity index (χ3v) is 3.21. The summed E-state index contributed by atoms with van der Waals surface area (Å²) in [5.74, 6) is -0.635. The molecule has 8 nitrogen and oxygen atoms in total. The Morgan fingerprint density at radius 3 is 1.92 bits per heavy atom. The first kappa shape index (κ1) is 19.3. The van der Waals surface area contributed by atoms with Gasteiger partial charge in [-0.15, -0.1) is 0 Å². The van der Waals surface area contributed by atoms with Crippen molar-refractivity contribution in [1.29, 1.82) is 0 Å². The lowest BCUT2D eigenvalue weighted by molar-refractivity contribution is -0.129. The van der Waals surface area contributed by atoms with Crippen LogP contribution in [0.25, 0.3) is 0 Å². The quantitative estimate of drug-likeness (QED) is 0.660. The Labute approximate surface area is 140 Å². The van der Waals surface area contributed by atoms with E-state index in [0.29, 0.717) is 17.1 Å². The third-order valence-electron chi connectivity index (χ3n) is 3.21. The van der Waals surface area contributed by atoms with Gasteiger partial charge in [0.05, 0.1) is 14.2 Å². The van der Waals surface area contributed by atoms with E-state index in [9.17, 15) is 14.4 Å². The number of nitrogens with one attached hydrogen (secondary N) is 3. The van der Waals surface area contributed by atoms with Gasteiger partial charge >= 0.3 is 0 Å². The maximum atomic E-state index is 12.4. The average Bonchev–Trinajstić information content (AvgIpc) is 2.56. The smallest absolute Gasteiger partial charge is 0.261 e. The maximum Gasteiger partial charge on any atom is 0.261 e. The van der Waals surface area contributed by atoms with Crippen molar-refractivity contribution in [3.63, 3.8) is 0 Å². The Balaban J connectivity index is 2.92. The molecule has 0 saturated carbocycles. The Hall–Kier alpha value is -2.77. The molecule has 1 atom stereocenters. The summed E-state index contributed by atoms with van der Waals surface area (Å²) >= 11 is 0. The van der Waals surface area contributed by atoms with E-state index < -0.39 is 23.8 Å². The van der Waals surface area contributed by atoms with Crippen LogP contribution in [0.1, 0.15) is 31.1 Å². The number of methoxy groups -OCH3 is 2. The van der Waals surface area contributed by atoms with Gasteiger partial charge in [0.1, 0.15) is 17.5 Å². The van der Waals surface area contributed by atoms with E-state index in [0.717, 1.165) is 0 Å². The van der Waals surface area contributed by atoms with Gasteiger partial charge in [-0.25, -0.2) is 0 Å². The Kier molecular flexibility index (Phi) is 7.03. The SMILES string of the molecule is COc1cc(OC)cc(C(=O)NC(C(=O)NNC(C)=O)C(C)C)c1. The number of rotatable bonds is 6. The molecule has 0 aliphatic heterocycles.